The summed E-state index contributed by atoms with van der Waals surface area (Å²) in [6.07, 6.45) is 11.9. The van der Waals surface area contributed by atoms with Crippen LogP contribution in [0.25, 0.3) is 11.3 Å². The molecule has 3 aliphatic rings. The van der Waals surface area contributed by atoms with Crippen molar-refractivity contribution in [2.24, 2.45) is 5.73 Å². The Balaban J connectivity index is 0.000000910. The highest BCUT2D eigenvalue weighted by Crippen LogP contribution is 2.52. The molecule has 2 unspecified atom stereocenters. The highest BCUT2D eigenvalue weighted by Gasteiger charge is 2.51. The number of aryl methyl sites for hydroxylation is 1. The van der Waals surface area contributed by atoms with Gasteiger partial charge in [-0.05, 0) is 111 Å². The average molecular weight is 590 g/mol. The van der Waals surface area contributed by atoms with E-state index in [0.717, 1.165) is 57.9 Å². The van der Waals surface area contributed by atoms with Crippen LogP contribution in [-0.4, -0.2) is 27.9 Å². The third-order valence-corrected chi connectivity index (χ3v) is 8.59. The number of fused-ring (bicyclic) bond motifs is 1. The highest BCUT2D eigenvalue weighted by atomic mass is 35.5. The quantitative estimate of drug-likeness (QED) is 0.301. The number of aromatic nitrogens is 2. The van der Waals surface area contributed by atoms with Gasteiger partial charge >= 0.3 is 0 Å². The Kier molecular flexibility index (Phi) is 11.1. The number of hydrogen-bond donors (Lipinski definition) is 3. The molecule has 2 aromatic heterocycles. The molecule has 4 N–H and O–H groups in total. The molecular formula is C35H45ClFN5. The molecule has 2 atom stereocenters. The van der Waals surface area contributed by atoms with E-state index in [1.165, 1.54) is 17.3 Å². The lowest BCUT2D eigenvalue weighted by atomic mass is 9.90. The SMILES string of the molecule is C=C(NCC(c1cc2c(c(-c3ccnc(C)c3Cl)n1)CCC2C)C1(F)CC1)C1=C/C(=C/C)C(=N)C(C)=C1.C=CN.CC. The summed E-state index contributed by atoms with van der Waals surface area (Å²) in [5.74, 6) is -0.0119. The number of nitrogens with zero attached hydrogens (tertiary/aromatic N) is 2. The summed E-state index contributed by atoms with van der Waals surface area (Å²) in [7, 11) is 0. The van der Waals surface area contributed by atoms with Gasteiger partial charge in [0.15, 0.2) is 0 Å². The van der Waals surface area contributed by atoms with Crippen molar-refractivity contribution in [1.82, 2.24) is 15.3 Å². The van der Waals surface area contributed by atoms with E-state index in [1.807, 2.05) is 58.9 Å². The van der Waals surface area contributed by atoms with Gasteiger partial charge in [-0.2, -0.15) is 0 Å². The van der Waals surface area contributed by atoms with Crippen LogP contribution < -0.4 is 11.1 Å². The van der Waals surface area contributed by atoms with Crippen molar-refractivity contribution in [2.75, 3.05) is 6.54 Å². The van der Waals surface area contributed by atoms with Crippen LogP contribution in [0.5, 0.6) is 0 Å². The molecule has 0 spiro atoms. The lowest BCUT2D eigenvalue weighted by Gasteiger charge is -2.25. The van der Waals surface area contributed by atoms with Crippen LogP contribution in [0.2, 0.25) is 5.02 Å². The molecule has 0 aromatic carbocycles. The molecule has 5 rings (SSSR count). The summed E-state index contributed by atoms with van der Waals surface area (Å²) in [5, 5.41) is 12.3. The van der Waals surface area contributed by atoms with Gasteiger partial charge < -0.3 is 16.5 Å². The van der Waals surface area contributed by atoms with Crippen molar-refractivity contribution < 1.29 is 4.39 Å². The first kappa shape index (κ1) is 33.0. The van der Waals surface area contributed by atoms with Crippen molar-refractivity contribution in [3.05, 3.63) is 106 Å². The maximum absolute atomic E-state index is 15.9. The Hall–Kier alpha value is -3.51. The van der Waals surface area contributed by atoms with Gasteiger partial charge in [-0.3, -0.25) is 9.97 Å². The fourth-order valence-corrected chi connectivity index (χ4v) is 5.73. The zero-order valence-corrected chi connectivity index (χ0v) is 26.6. The maximum atomic E-state index is 15.9. The van der Waals surface area contributed by atoms with Crippen molar-refractivity contribution >= 4 is 17.3 Å². The summed E-state index contributed by atoms with van der Waals surface area (Å²) >= 11 is 6.70. The van der Waals surface area contributed by atoms with Gasteiger partial charge in [0.2, 0.25) is 0 Å². The molecule has 1 fully saturated rings. The third kappa shape index (κ3) is 6.92. The number of pyridine rings is 2. The smallest absolute Gasteiger partial charge is 0.121 e. The van der Waals surface area contributed by atoms with E-state index >= 15 is 4.39 Å². The van der Waals surface area contributed by atoms with Gasteiger partial charge in [0.25, 0.3) is 0 Å². The number of hydrogen-bond acceptors (Lipinski definition) is 5. The molecule has 0 radical (unpaired) electrons. The van der Waals surface area contributed by atoms with Gasteiger partial charge in [-0.1, -0.05) is 51.6 Å². The summed E-state index contributed by atoms with van der Waals surface area (Å²) in [6, 6.07) is 4.05. The normalized spacial score (nSPS) is 19.7. The minimum absolute atomic E-state index is 0.394. The molecule has 42 heavy (non-hydrogen) atoms. The number of halogens is 2. The third-order valence-electron chi connectivity index (χ3n) is 8.11. The molecular weight excluding hydrogens is 545 g/mol. The summed E-state index contributed by atoms with van der Waals surface area (Å²) < 4.78 is 15.9. The predicted octanol–water partition coefficient (Wildman–Crippen LogP) is 8.81. The van der Waals surface area contributed by atoms with Crippen LogP contribution in [0.1, 0.15) is 88.2 Å². The topological polar surface area (TPSA) is 87.7 Å². The van der Waals surface area contributed by atoms with E-state index < -0.39 is 11.6 Å². The van der Waals surface area contributed by atoms with Gasteiger partial charge in [-0.15, -0.1) is 0 Å². The Morgan fingerprint density at radius 2 is 1.98 bits per heavy atom. The molecule has 0 amide bonds. The molecule has 0 saturated heterocycles. The Bertz CT molecular complexity index is 1450. The molecule has 2 aromatic rings. The number of allylic oxidation sites excluding steroid dienone is 5. The van der Waals surface area contributed by atoms with Crippen LogP contribution in [0.4, 0.5) is 4.39 Å². The first-order valence-electron chi connectivity index (χ1n) is 14.8. The standard InChI is InChI=1S/C31H34ClFN4.C2H5N.C2H6/c1-6-21-14-22(13-18(3)29(21)34)19(4)36-16-26(31(33)10-11-31)27-15-25-17(2)7-8-23(25)30(37-27)24-9-12-35-20(5)28(24)32;1-2-3;1-2/h6,9,12-15,17,26,34,36H,4,7-8,10-11,16H2,1-3,5H3;2H,1,3H2;1-2H3/b21-6-,34-29?;;. The number of rotatable bonds is 7. The van der Waals surface area contributed by atoms with Crippen LogP contribution in [0, 0.1) is 12.3 Å². The Labute approximate surface area is 256 Å². The zero-order chi connectivity index (χ0) is 31.2. The Morgan fingerprint density at radius 1 is 1.31 bits per heavy atom. The monoisotopic (exact) mass is 589 g/mol. The van der Waals surface area contributed by atoms with E-state index in [0.29, 0.717) is 36.0 Å². The first-order chi connectivity index (χ1) is 20.0. The average Bonchev–Trinajstić information content (AvgIpc) is 3.62. The molecule has 0 bridgehead atoms. The maximum Gasteiger partial charge on any atom is 0.121 e. The van der Waals surface area contributed by atoms with Crippen molar-refractivity contribution in [3.8, 4) is 11.3 Å². The molecule has 3 aliphatic carbocycles. The van der Waals surface area contributed by atoms with E-state index in [2.05, 4.69) is 42.2 Å². The van der Waals surface area contributed by atoms with Crippen LogP contribution in [0.15, 0.2) is 78.3 Å². The number of nitrogens with two attached hydrogens (primary N) is 1. The van der Waals surface area contributed by atoms with Crippen LogP contribution in [0.3, 0.4) is 0 Å². The minimum atomic E-state index is -1.28. The van der Waals surface area contributed by atoms with Gasteiger partial charge in [0.05, 0.1) is 28.0 Å². The first-order valence-corrected chi connectivity index (χ1v) is 15.2. The minimum Gasteiger partial charge on any atom is -0.405 e. The largest absolute Gasteiger partial charge is 0.405 e. The van der Waals surface area contributed by atoms with Gasteiger partial charge in [-0.25, -0.2) is 4.39 Å². The number of nitrogens with one attached hydrogen (secondary N) is 2. The van der Waals surface area contributed by atoms with Crippen LogP contribution in [-0.2, 0) is 6.42 Å². The molecule has 7 heteroatoms. The van der Waals surface area contributed by atoms with Crippen molar-refractivity contribution in [2.45, 2.75) is 84.7 Å². The molecule has 1 saturated carbocycles. The van der Waals surface area contributed by atoms with Crippen molar-refractivity contribution in [3.63, 3.8) is 0 Å². The second kappa shape index (κ2) is 14.1. The fraction of sp³-hybridized carbons (Fsp3) is 0.400. The second-order valence-electron chi connectivity index (χ2n) is 10.9. The van der Waals surface area contributed by atoms with E-state index in [1.54, 1.807) is 6.20 Å². The van der Waals surface area contributed by atoms with Gasteiger partial charge in [0.1, 0.15) is 5.67 Å². The van der Waals surface area contributed by atoms with Crippen LogP contribution >= 0.6 is 11.6 Å². The molecule has 224 valence electrons. The predicted molar refractivity (Wildman–Crippen MR) is 176 cm³/mol. The van der Waals surface area contributed by atoms with E-state index in [4.69, 9.17) is 22.0 Å². The molecule has 5 nitrogen and oxygen atoms in total. The van der Waals surface area contributed by atoms with E-state index in [-0.39, 0.29) is 0 Å². The Morgan fingerprint density at radius 3 is 2.60 bits per heavy atom. The molecule has 2 heterocycles. The molecule has 0 aliphatic heterocycles. The lowest BCUT2D eigenvalue weighted by Crippen LogP contribution is -2.30. The highest BCUT2D eigenvalue weighted by molar-refractivity contribution is 6.33. The summed E-state index contributed by atoms with van der Waals surface area (Å²) in [4.78, 5) is 9.44. The van der Waals surface area contributed by atoms with Crippen molar-refractivity contribution in [1.29, 1.82) is 5.41 Å². The number of alkyl halides is 1. The summed E-state index contributed by atoms with van der Waals surface area (Å²) in [6.45, 7) is 19.8. The summed E-state index contributed by atoms with van der Waals surface area (Å²) in [5.41, 5.74) is 13.0. The fourth-order valence-electron chi connectivity index (χ4n) is 5.53. The lowest BCUT2D eigenvalue weighted by molar-refractivity contribution is 0.249. The zero-order valence-electron chi connectivity index (χ0n) is 25.9. The van der Waals surface area contributed by atoms with Gasteiger partial charge in [0, 0.05) is 29.7 Å². The van der Waals surface area contributed by atoms with E-state index in [9.17, 15) is 0 Å². The second-order valence-corrected chi connectivity index (χ2v) is 11.3.